The number of nitrogens with two attached hydrogens (primary N) is 1. The number of aliphatic hydroxyl groups is 1. The third-order valence-corrected chi connectivity index (χ3v) is 7.69. The van der Waals surface area contributed by atoms with Crippen LogP contribution in [0.5, 0.6) is 0 Å². The Balaban J connectivity index is 1.36. The van der Waals surface area contributed by atoms with Gasteiger partial charge in [-0.2, -0.15) is 0 Å². The van der Waals surface area contributed by atoms with Crippen molar-refractivity contribution in [2.24, 2.45) is 5.73 Å². The van der Waals surface area contributed by atoms with Gasteiger partial charge in [-0.1, -0.05) is 17.9 Å². The van der Waals surface area contributed by atoms with E-state index in [4.69, 9.17) is 15.2 Å². The molecule has 2 saturated heterocycles. The Morgan fingerprint density at radius 1 is 1.19 bits per heavy atom. The third kappa shape index (κ3) is 9.00. The number of aliphatic hydroxyl groups excluding tert-OH is 1. The molecule has 2 fully saturated rings. The van der Waals surface area contributed by atoms with E-state index in [0.717, 1.165) is 32.5 Å². The number of piperidine rings is 2. The molecule has 12 nitrogen and oxygen atoms in total. The van der Waals surface area contributed by atoms with Crippen molar-refractivity contribution in [1.82, 2.24) is 20.0 Å². The molecule has 3 aliphatic heterocycles. The molecular weight excluding hydrogens is 554 g/mol. The van der Waals surface area contributed by atoms with Gasteiger partial charge >= 0.3 is 6.09 Å². The first-order valence-electron chi connectivity index (χ1n) is 14.9. The number of fused-ring (bicyclic) bond motifs is 1. The van der Waals surface area contributed by atoms with Crippen molar-refractivity contribution in [2.45, 2.75) is 76.8 Å². The number of likely N-dealkylation sites (tertiary alicyclic amines) is 1. The smallest absolute Gasteiger partial charge is 0.410 e. The van der Waals surface area contributed by atoms with Gasteiger partial charge in [-0.25, -0.2) is 4.79 Å². The van der Waals surface area contributed by atoms with Crippen LogP contribution in [0, 0.1) is 11.8 Å². The molecule has 12 heteroatoms. The molecule has 2 atom stereocenters. The van der Waals surface area contributed by atoms with Gasteiger partial charge in [0.25, 0.3) is 5.91 Å². The molecule has 0 saturated carbocycles. The van der Waals surface area contributed by atoms with Crippen LogP contribution >= 0.6 is 0 Å². The number of rotatable bonds is 9. The summed E-state index contributed by atoms with van der Waals surface area (Å²) in [5.74, 6) is 4.62. The maximum absolute atomic E-state index is 13.1. The second kappa shape index (κ2) is 14.3. The minimum atomic E-state index is -1.19. The highest BCUT2D eigenvalue weighted by atomic mass is 16.6. The molecule has 1 aromatic rings. The van der Waals surface area contributed by atoms with Crippen molar-refractivity contribution in [1.29, 1.82) is 0 Å². The molecule has 4 amide bonds. The summed E-state index contributed by atoms with van der Waals surface area (Å²) in [6, 6.07) is 4.66. The van der Waals surface area contributed by atoms with Gasteiger partial charge in [0.05, 0.1) is 19.8 Å². The zero-order valence-corrected chi connectivity index (χ0v) is 25.3. The van der Waals surface area contributed by atoms with Crippen molar-refractivity contribution < 1.29 is 33.8 Å². The first-order valence-corrected chi connectivity index (χ1v) is 14.9. The number of carbonyl (C=O) groups excluding carboxylic acids is 4. The van der Waals surface area contributed by atoms with Crippen LogP contribution in [0.2, 0.25) is 0 Å². The van der Waals surface area contributed by atoms with E-state index in [9.17, 15) is 24.3 Å². The van der Waals surface area contributed by atoms with E-state index in [0.29, 0.717) is 23.3 Å². The first-order chi connectivity index (χ1) is 20.4. The highest BCUT2D eigenvalue weighted by Gasteiger charge is 2.39. The monoisotopic (exact) mass is 597 g/mol. The lowest BCUT2D eigenvalue weighted by Crippen LogP contribution is -2.52. The van der Waals surface area contributed by atoms with Crippen LogP contribution < -0.4 is 11.1 Å². The Hall–Kier alpha value is -3.50. The number of ether oxygens (including phenoxy) is 2. The number of nitrogens with one attached hydrogen (secondary N) is 1. The number of imide groups is 1. The van der Waals surface area contributed by atoms with E-state index in [1.54, 1.807) is 39.0 Å². The predicted molar refractivity (Wildman–Crippen MR) is 158 cm³/mol. The number of hydrogen-bond donors (Lipinski definition) is 3. The number of amides is 4. The van der Waals surface area contributed by atoms with E-state index < -0.39 is 29.7 Å². The minimum absolute atomic E-state index is 0.0916. The van der Waals surface area contributed by atoms with Crippen LogP contribution in [-0.2, 0) is 25.6 Å². The van der Waals surface area contributed by atoms with Gasteiger partial charge in [0, 0.05) is 43.2 Å². The summed E-state index contributed by atoms with van der Waals surface area (Å²) in [6.45, 7) is 9.11. The molecule has 0 aromatic heterocycles. The lowest BCUT2D eigenvalue weighted by atomic mass is 10.0. The van der Waals surface area contributed by atoms with E-state index in [1.165, 1.54) is 9.80 Å². The summed E-state index contributed by atoms with van der Waals surface area (Å²) >= 11 is 0. The molecule has 0 radical (unpaired) electrons. The predicted octanol–water partition coefficient (Wildman–Crippen LogP) is 0.837. The molecule has 43 heavy (non-hydrogen) atoms. The van der Waals surface area contributed by atoms with Crippen LogP contribution in [0.15, 0.2) is 18.2 Å². The molecule has 1 aromatic carbocycles. The van der Waals surface area contributed by atoms with Gasteiger partial charge in [-0.05, 0) is 70.8 Å². The summed E-state index contributed by atoms with van der Waals surface area (Å²) in [5.41, 5.74) is 6.89. The fourth-order valence-corrected chi connectivity index (χ4v) is 5.35. The zero-order chi connectivity index (χ0) is 31.1. The molecule has 3 heterocycles. The molecule has 0 aliphatic carbocycles. The van der Waals surface area contributed by atoms with Gasteiger partial charge in [0.2, 0.25) is 11.8 Å². The lowest BCUT2D eigenvalue weighted by Gasteiger charge is -2.30. The normalized spacial score (nSPS) is 20.3. The van der Waals surface area contributed by atoms with Gasteiger partial charge < -0.3 is 35.0 Å². The molecule has 0 spiro atoms. The number of hydrogen-bond acceptors (Lipinski definition) is 9. The van der Waals surface area contributed by atoms with Gasteiger partial charge in [0.1, 0.15) is 17.7 Å². The molecule has 2 unspecified atom stereocenters. The number of carbonyl (C=O) groups is 4. The van der Waals surface area contributed by atoms with Crippen molar-refractivity contribution in [3.8, 4) is 11.8 Å². The van der Waals surface area contributed by atoms with Gasteiger partial charge in [-0.15, -0.1) is 0 Å². The SMILES string of the molecule is CC(C)(C)OC(=O)N(CCOCCN1CCC(N)CC1)CC(O)C#Cc1cccc2c1CN(C1CCC(=O)NC1=O)C2=O. The van der Waals surface area contributed by atoms with E-state index in [1.807, 2.05) is 0 Å². The lowest BCUT2D eigenvalue weighted by molar-refractivity contribution is -0.136. The van der Waals surface area contributed by atoms with E-state index in [-0.39, 0.29) is 56.9 Å². The standard InChI is InChI=1S/C31H43N5O7/c1-31(2,3)43-30(41)35(16-18-42-17-15-34-13-11-22(32)12-14-34)19-23(37)8-7-21-5-4-6-24-25(21)20-36(29(24)40)26-9-10-27(38)33-28(26)39/h4-6,22-23,26,37H,9-20,32H2,1-3H3,(H,33,38,39). The quantitative estimate of drug-likeness (QED) is 0.213. The van der Waals surface area contributed by atoms with Crippen LogP contribution in [-0.4, -0.2) is 113 Å². The fourth-order valence-electron chi connectivity index (χ4n) is 5.35. The van der Waals surface area contributed by atoms with Gasteiger partial charge in [0.15, 0.2) is 0 Å². The Morgan fingerprint density at radius 3 is 2.63 bits per heavy atom. The third-order valence-electron chi connectivity index (χ3n) is 7.69. The molecule has 4 rings (SSSR count). The van der Waals surface area contributed by atoms with Gasteiger partial charge in [-0.3, -0.25) is 19.7 Å². The molecule has 234 valence electrons. The summed E-state index contributed by atoms with van der Waals surface area (Å²) in [7, 11) is 0. The zero-order valence-electron chi connectivity index (χ0n) is 25.3. The summed E-state index contributed by atoms with van der Waals surface area (Å²) in [4.78, 5) is 55.1. The minimum Gasteiger partial charge on any atom is -0.444 e. The second-order valence-electron chi connectivity index (χ2n) is 12.2. The molecule has 3 aliphatic rings. The Labute approximate surface area is 252 Å². The summed E-state index contributed by atoms with van der Waals surface area (Å²) in [6.07, 6.45) is 0.623. The topological polar surface area (TPSA) is 155 Å². The van der Waals surface area contributed by atoms with Crippen molar-refractivity contribution in [2.75, 3.05) is 45.9 Å². The summed E-state index contributed by atoms with van der Waals surface area (Å²) < 4.78 is 11.3. The fraction of sp³-hybridized carbons (Fsp3) is 0.613. The van der Waals surface area contributed by atoms with Crippen LogP contribution in [0.3, 0.4) is 0 Å². The van der Waals surface area contributed by atoms with Crippen LogP contribution in [0.4, 0.5) is 4.79 Å². The first kappa shape index (κ1) is 32.4. The largest absolute Gasteiger partial charge is 0.444 e. The number of nitrogens with zero attached hydrogens (tertiary/aromatic N) is 3. The van der Waals surface area contributed by atoms with Crippen molar-refractivity contribution in [3.63, 3.8) is 0 Å². The highest BCUT2D eigenvalue weighted by Crippen LogP contribution is 2.29. The summed E-state index contributed by atoms with van der Waals surface area (Å²) in [5, 5.41) is 13.1. The number of benzene rings is 1. The second-order valence-corrected chi connectivity index (χ2v) is 12.2. The molecular formula is C31H43N5O7. The molecule has 4 N–H and O–H groups in total. The molecule has 0 bridgehead atoms. The van der Waals surface area contributed by atoms with Crippen molar-refractivity contribution in [3.05, 3.63) is 34.9 Å². The average molecular weight is 598 g/mol. The van der Waals surface area contributed by atoms with Crippen molar-refractivity contribution >= 4 is 23.8 Å². The van der Waals surface area contributed by atoms with E-state index >= 15 is 0 Å². The highest BCUT2D eigenvalue weighted by molar-refractivity contribution is 6.05. The average Bonchev–Trinajstić information content (AvgIpc) is 3.27. The van der Waals surface area contributed by atoms with E-state index in [2.05, 4.69) is 22.1 Å². The maximum Gasteiger partial charge on any atom is 0.410 e. The Bertz CT molecular complexity index is 1260. The Kier molecular flexibility index (Phi) is 10.8. The Morgan fingerprint density at radius 2 is 1.93 bits per heavy atom. The van der Waals surface area contributed by atoms with Crippen LogP contribution in [0.25, 0.3) is 0 Å². The maximum atomic E-state index is 13.1. The van der Waals surface area contributed by atoms with Crippen LogP contribution in [0.1, 0.15) is 67.9 Å².